The zero-order valence-corrected chi connectivity index (χ0v) is 12.3. The molecule has 0 unspecified atom stereocenters. The summed E-state index contributed by atoms with van der Waals surface area (Å²) >= 11 is 4.47. The number of rotatable bonds is 2. The van der Waals surface area contributed by atoms with Gasteiger partial charge in [0.1, 0.15) is 4.21 Å². The Balaban J connectivity index is 2.32. The highest BCUT2D eigenvalue weighted by Crippen LogP contribution is 2.32. The van der Waals surface area contributed by atoms with E-state index in [1.165, 1.54) is 15.6 Å². The minimum Gasteiger partial charge on any atom is -0.354 e. The first-order valence-electron chi connectivity index (χ1n) is 4.94. The van der Waals surface area contributed by atoms with Crippen molar-refractivity contribution in [3.63, 3.8) is 0 Å². The number of hydrogen-bond donors (Lipinski definition) is 1. The minimum absolute atomic E-state index is 0.100. The second-order valence-electron chi connectivity index (χ2n) is 3.71. The summed E-state index contributed by atoms with van der Waals surface area (Å²) in [5.74, 6) is -0.257. The summed E-state index contributed by atoms with van der Waals surface area (Å²) in [7, 11) is -3.54. The topological polar surface area (TPSA) is 66.5 Å². The first kappa shape index (κ1) is 13.0. The molecule has 5 nitrogen and oxygen atoms in total. The molecule has 0 spiro atoms. The molecule has 94 valence electrons. The average molecular weight is 339 g/mol. The molecule has 1 saturated heterocycles. The Labute approximate surface area is 112 Å². The molecule has 1 aliphatic rings. The van der Waals surface area contributed by atoms with E-state index >= 15 is 0 Å². The van der Waals surface area contributed by atoms with E-state index in [9.17, 15) is 13.2 Å². The molecule has 1 aromatic heterocycles. The van der Waals surface area contributed by atoms with Gasteiger partial charge in [-0.15, -0.1) is 11.3 Å². The van der Waals surface area contributed by atoms with Gasteiger partial charge in [0.25, 0.3) is 10.0 Å². The maximum absolute atomic E-state index is 12.2. The third-order valence-corrected chi connectivity index (χ3v) is 6.86. The minimum atomic E-state index is -3.54. The van der Waals surface area contributed by atoms with Crippen molar-refractivity contribution in [2.75, 3.05) is 19.6 Å². The highest BCUT2D eigenvalue weighted by atomic mass is 79.9. The van der Waals surface area contributed by atoms with E-state index in [0.29, 0.717) is 13.1 Å². The molecule has 0 aromatic carbocycles. The number of aryl methyl sites for hydroxylation is 1. The quantitative estimate of drug-likeness (QED) is 0.872. The number of carbonyl (C=O) groups excluding carboxylic acids is 1. The van der Waals surface area contributed by atoms with Gasteiger partial charge in [-0.1, -0.05) is 0 Å². The predicted molar refractivity (Wildman–Crippen MR) is 68.5 cm³/mol. The summed E-state index contributed by atoms with van der Waals surface area (Å²) in [5, 5.41) is 2.60. The van der Waals surface area contributed by atoms with E-state index in [2.05, 4.69) is 21.2 Å². The fourth-order valence-corrected chi connectivity index (χ4v) is 5.28. The number of halogens is 1. The van der Waals surface area contributed by atoms with Crippen molar-refractivity contribution in [3.8, 4) is 0 Å². The molecule has 1 fully saturated rings. The molecule has 2 rings (SSSR count). The number of thiophene rings is 1. The lowest BCUT2D eigenvalue weighted by Gasteiger charge is -2.25. The van der Waals surface area contributed by atoms with Crippen LogP contribution in [0, 0.1) is 6.92 Å². The maximum Gasteiger partial charge on any atom is 0.253 e. The largest absolute Gasteiger partial charge is 0.354 e. The van der Waals surface area contributed by atoms with E-state index in [1.807, 2.05) is 6.92 Å². The van der Waals surface area contributed by atoms with Crippen molar-refractivity contribution in [3.05, 3.63) is 15.4 Å². The van der Waals surface area contributed by atoms with Crippen LogP contribution in [0.15, 0.2) is 14.1 Å². The smallest absolute Gasteiger partial charge is 0.253 e. The van der Waals surface area contributed by atoms with Crippen LogP contribution in [0.3, 0.4) is 0 Å². The van der Waals surface area contributed by atoms with Gasteiger partial charge >= 0.3 is 0 Å². The van der Waals surface area contributed by atoms with Crippen molar-refractivity contribution >= 4 is 43.2 Å². The lowest BCUT2D eigenvalue weighted by molar-refractivity contribution is -0.122. The van der Waals surface area contributed by atoms with Gasteiger partial charge in [0.2, 0.25) is 5.91 Å². The predicted octanol–water partition coefficient (Wildman–Crippen LogP) is 0.940. The fourth-order valence-electron chi connectivity index (χ4n) is 1.51. The van der Waals surface area contributed by atoms with Crippen LogP contribution < -0.4 is 5.32 Å². The van der Waals surface area contributed by atoms with Crippen molar-refractivity contribution in [1.29, 1.82) is 0 Å². The number of nitrogens with zero attached hydrogens (tertiary/aromatic N) is 1. The summed E-state index contributed by atoms with van der Waals surface area (Å²) in [4.78, 5) is 11.2. The third-order valence-electron chi connectivity index (χ3n) is 2.43. The first-order valence-corrected chi connectivity index (χ1v) is 7.99. The Morgan fingerprint density at radius 3 is 2.76 bits per heavy atom. The second-order valence-corrected chi connectivity index (χ2v) is 8.25. The highest BCUT2D eigenvalue weighted by molar-refractivity contribution is 9.11. The molecule has 8 heteroatoms. The maximum atomic E-state index is 12.2. The Kier molecular flexibility index (Phi) is 3.58. The SMILES string of the molecule is Cc1cc(S(=O)(=O)N2CCNC(=O)C2)sc1Br. The van der Waals surface area contributed by atoms with E-state index in [0.717, 1.165) is 9.35 Å². The molecule has 0 saturated carbocycles. The van der Waals surface area contributed by atoms with E-state index in [-0.39, 0.29) is 16.7 Å². The first-order chi connectivity index (χ1) is 7.91. The van der Waals surface area contributed by atoms with Crippen LogP contribution in [0.2, 0.25) is 0 Å². The zero-order valence-electron chi connectivity index (χ0n) is 9.07. The number of sulfonamides is 1. The van der Waals surface area contributed by atoms with Gasteiger partial charge in [-0.05, 0) is 34.5 Å². The Hall–Kier alpha value is -0.440. The van der Waals surface area contributed by atoms with Crippen LogP contribution >= 0.6 is 27.3 Å². The van der Waals surface area contributed by atoms with E-state index in [1.54, 1.807) is 6.07 Å². The molecule has 0 atom stereocenters. The molecule has 0 aliphatic carbocycles. The molecule has 0 radical (unpaired) electrons. The van der Waals surface area contributed by atoms with Crippen LogP contribution in [-0.2, 0) is 14.8 Å². The molecule has 1 aliphatic heterocycles. The van der Waals surface area contributed by atoms with Crippen molar-refractivity contribution in [2.24, 2.45) is 0 Å². The number of piperazine rings is 1. The van der Waals surface area contributed by atoms with Gasteiger partial charge in [0.05, 0.1) is 10.3 Å². The normalized spacial score (nSPS) is 18.1. The van der Waals surface area contributed by atoms with Gasteiger partial charge < -0.3 is 5.32 Å². The van der Waals surface area contributed by atoms with Crippen LogP contribution in [-0.4, -0.2) is 38.3 Å². The van der Waals surface area contributed by atoms with Crippen molar-refractivity contribution in [2.45, 2.75) is 11.1 Å². The van der Waals surface area contributed by atoms with Crippen LogP contribution in [0.25, 0.3) is 0 Å². The molecular formula is C9H11BrN2O3S2. The number of carbonyl (C=O) groups is 1. The second kappa shape index (κ2) is 4.68. The van der Waals surface area contributed by atoms with Crippen LogP contribution in [0.5, 0.6) is 0 Å². The molecule has 1 amide bonds. The van der Waals surface area contributed by atoms with Gasteiger partial charge in [-0.2, -0.15) is 4.31 Å². The number of hydrogen-bond acceptors (Lipinski definition) is 4. The lowest BCUT2D eigenvalue weighted by atomic mass is 10.4. The summed E-state index contributed by atoms with van der Waals surface area (Å²) in [6, 6.07) is 1.62. The summed E-state index contributed by atoms with van der Waals surface area (Å²) in [6.45, 7) is 2.42. The lowest BCUT2D eigenvalue weighted by Crippen LogP contribution is -2.49. The molecule has 1 N–H and O–H groups in total. The standard InChI is InChI=1S/C9H11BrN2O3S2/c1-6-4-8(16-9(6)10)17(14,15)12-3-2-11-7(13)5-12/h4H,2-3,5H2,1H3,(H,11,13). The van der Waals surface area contributed by atoms with Crippen molar-refractivity contribution in [1.82, 2.24) is 9.62 Å². The monoisotopic (exact) mass is 338 g/mol. The fraction of sp³-hybridized carbons (Fsp3) is 0.444. The van der Waals surface area contributed by atoms with Crippen LogP contribution in [0.4, 0.5) is 0 Å². The van der Waals surface area contributed by atoms with Gasteiger partial charge in [0, 0.05) is 13.1 Å². The van der Waals surface area contributed by atoms with E-state index < -0.39 is 10.0 Å². The van der Waals surface area contributed by atoms with E-state index in [4.69, 9.17) is 0 Å². The molecule has 2 heterocycles. The zero-order chi connectivity index (χ0) is 12.6. The number of nitrogens with one attached hydrogen (secondary N) is 1. The Morgan fingerprint density at radius 2 is 2.24 bits per heavy atom. The summed E-state index contributed by atoms with van der Waals surface area (Å²) in [5.41, 5.74) is 0.884. The Bertz CT molecular complexity index is 533. The molecule has 1 aromatic rings. The van der Waals surface area contributed by atoms with Crippen LogP contribution in [0.1, 0.15) is 5.56 Å². The molecule has 0 bridgehead atoms. The van der Waals surface area contributed by atoms with Gasteiger partial charge in [-0.25, -0.2) is 8.42 Å². The summed E-state index contributed by atoms with van der Waals surface area (Å²) < 4.78 is 26.8. The summed E-state index contributed by atoms with van der Waals surface area (Å²) in [6.07, 6.45) is 0. The molecular weight excluding hydrogens is 328 g/mol. The Morgan fingerprint density at radius 1 is 1.53 bits per heavy atom. The highest BCUT2D eigenvalue weighted by Gasteiger charge is 2.30. The van der Waals surface area contributed by atoms with Crippen molar-refractivity contribution < 1.29 is 13.2 Å². The number of amides is 1. The molecule has 17 heavy (non-hydrogen) atoms. The average Bonchev–Trinajstić information content (AvgIpc) is 2.60. The van der Waals surface area contributed by atoms with Gasteiger partial charge in [-0.3, -0.25) is 4.79 Å². The van der Waals surface area contributed by atoms with Gasteiger partial charge in [0.15, 0.2) is 0 Å². The third kappa shape index (κ3) is 2.54.